The highest BCUT2D eigenvalue weighted by molar-refractivity contribution is 5.97. The van der Waals surface area contributed by atoms with Crippen molar-refractivity contribution in [3.63, 3.8) is 0 Å². The van der Waals surface area contributed by atoms with E-state index in [0.717, 1.165) is 0 Å². The first kappa shape index (κ1) is 14.3. The summed E-state index contributed by atoms with van der Waals surface area (Å²) in [5, 5.41) is 6.65. The number of methoxy groups -OCH3 is 1. The third-order valence-electron chi connectivity index (χ3n) is 3.44. The summed E-state index contributed by atoms with van der Waals surface area (Å²) in [6.07, 6.45) is 0. The van der Waals surface area contributed by atoms with E-state index in [1.165, 1.54) is 7.11 Å². The Morgan fingerprint density at radius 3 is 2.50 bits per heavy atom. The molecule has 1 saturated heterocycles. The minimum atomic E-state index is -0.267. The lowest BCUT2D eigenvalue weighted by atomic mass is 10.2. The van der Waals surface area contributed by atoms with Gasteiger partial charge in [-0.25, -0.2) is 0 Å². The van der Waals surface area contributed by atoms with Crippen molar-refractivity contribution in [1.82, 2.24) is 20.0 Å². The second kappa shape index (κ2) is 5.91. The Bertz CT molecular complexity index is 505. The predicted molar refractivity (Wildman–Crippen MR) is 72.1 cm³/mol. The Morgan fingerprint density at radius 1 is 1.35 bits per heavy atom. The van der Waals surface area contributed by atoms with E-state index in [-0.39, 0.29) is 24.1 Å². The van der Waals surface area contributed by atoms with Crippen LogP contribution in [-0.4, -0.2) is 71.7 Å². The van der Waals surface area contributed by atoms with Crippen LogP contribution in [0.15, 0.2) is 0 Å². The van der Waals surface area contributed by atoms with Gasteiger partial charge in [-0.2, -0.15) is 5.10 Å². The number of esters is 1. The number of aromatic amines is 1. The molecule has 8 nitrogen and oxygen atoms in total. The van der Waals surface area contributed by atoms with E-state index in [9.17, 15) is 9.59 Å². The van der Waals surface area contributed by atoms with Gasteiger partial charge >= 0.3 is 5.97 Å². The monoisotopic (exact) mass is 281 g/mol. The highest BCUT2D eigenvalue weighted by Crippen LogP contribution is 2.16. The van der Waals surface area contributed by atoms with Gasteiger partial charge in [-0.05, 0) is 6.92 Å². The number of nitrogen functional groups attached to an aromatic ring is 1. The number of nitrogens with one attached hydrogen (secondary N) is 1. The third kappa shape index (κ3) is 2.90. The average molecular weight is 281 g/mol. The zero-order valence-corrected chi connectivity index (χ0v) is 11.7. The van der Waals surface area contributed by atoms with Gasteiger partial charge in [0.1, 0.15) is 0 Å². The predicted octanol–water partition coefficient (Wildman–Crippen LogP) is -0.769. The van der Waals surface area contributed by atoms with E-state index in [0.29, 0.717) is 37.6 Å². The number of nitrogens with zero attached hydrogens (tertiary/aromatic N) is 3. The summed E-state index contributed by atoms with van der Waals surface area (Å²) < 4.78 is 4.62. The number of piperazine rings is 1. The van der Waals surface area contributed by atoms with E-state index >= 15 is 0 Å². The maximum Gasteiger partial charge on any atom is 0.319 e. The molecule has 0 aromatic carbocycles. The van der Waals surface area contributed by atoms with Crippen molar-refractivity contribution in [3.8, 4) is 0 Å². The van der Waals surface area contributed by atoms with E-state index in [1.807, 2.05) is 4.90 Å². The molecule has 1 fully saturated rings. The van der Waals surface area contributed by atoms with Crippen molar-refractivity contribution in [2.45, 2.75) is 6.92 Å². The summed E-state index contributed by atoms with van der Waals surface area (Å²) in [5.41, 5.74) is 7.16. The lowest BCUT2D eigenvalue weighted by Crippen LogP contribution is -2.50. The largest absolute Gasteiger partial charge is 0.468 e. The fourth-order valence-electron chi connectivity index (χ4n) is 2.11. The molecular formula is C12H19N5O3. The molecule has 0 atom stereocenters. The molecule has 0 unspecified atom stereocenters. The van der Waals surface area contributed by atoms with Crippen LogP contribution in [0.2, 0.25) is 0 Å². The number of hydrogen-bond donors (Lipinski definition) is 2. The first-order valence-electron chi connectivity index (χ1n) is 6.41. The standard InChI is InChI=1S/C12H19N5O3/c1-8-10(13)11(15-14-8)12(19)17-5-3-16(4-6-17)7-9(18)20-2/h3-7,13H2,1-2H3,(H,14,15). The molecule has 1 aliphatic heterocycles. The molecule has 2 rings (SSSR count). The number of H-pyrrole nitrogens is 1. The average Bonchev–Trinajstić information content (AvgIpc) is 2.79. The number of anilines is 1. The van der Waals surface area contributed by atoms with Crippen molar-refractivity contribution in [2.24, 2.45) is 0 Å². The van der Waals surface area contributed by atoms with Gasteiger partial charge in [0.15, 0.2) is 5.69 Å². The summed E-state index contributed by atoms with van der Waals surface area (Å²) >= 11 is 0. The van der Waals surface area contributed by atoms with Crippen molar-refractivity contribution in [3.05, 3.63) is 11.4 Å². The highest BCUT2D eigenvalue weighted by Gasteiger charge is 2.26. The van der Waals surface area contributed by atoms with Gasteiger partial charge in [0.05, 0.1) is 25.0 Å². The number of amides is 1. The van der Waals surface area contributed by atoms with Crippen molar-refractivity contribution < 1.29 is 14.3 Å². The van der Waals surface area contributed by atoms with Gasteiger partial charge in [-0.1, -0.05) is 0 Å². The lowest BCUT2D eigenvalue weighted by molar-refractivity contribution is -0.142. The SMILES string of the molecule is COC(=O)CN1CCN(C(=O)c2n[nH]c(C)c2N)CC1. The molecule has 110 valence electrons. The number of hydrogen-bond acceptors (Lipinski definition) is 6. The smallest absolute Gasteiger partial charge is 0.319 e. The Balaban J connectivity index is 1.92. The molecule has 0 saturated carbocycles. The van der Waals surface area contributed by atoms with E-state index in [1.54, 1.807) is 11.8 Å². The quantitative estimate of drug-likeness (QED) is 0.705. The zero-order valence-electron chi connectivity index (χ0n) is 11.7. The topological polar surface area (TPSA) is 105 Å². The maximum absolute atomic E-state index is 12.3. The Hall–Kier alpha value is -2.09. The molecule has 1 aromatic rings. The summed E-state index contributed by atoms with van der Waals surface area (Å²) in [5.74, 6) is -0.443. The Morgan fingerprint density at radius 2 is 2.00 bits per heavy atom. The fraction of sp³-hybridized carbons (Fsp3) is 0.583. The van der Waals surface area contributed by atoms with Crippen LogP contribution in [0.25, 0.3) is 0 Å². The molecule has 0 aliphatic carbocycles. The maximum atomic E-state index is 12.3. The first-order valence-corrected chi connectivity index (χ1v) is 6.41. The molecular weight excluding hydrogens is 262 g/mol. The van der Waals surface area contributed by atoms with Crippen LogP contribution in [0.5, 0.6) is 0 Å². The highest BCUT2D eigenvalue weighted by atomic mass is 16.5. The number of rotatable bonds is 3. The molecule has 1 aromatic heterocycles. The number of carbonyl (C=O) groups is 2. The molecule has 1 amide bonds. The number of nitrogens with two attached hydrogens (primary N) is 1. The van der Waals surface area contributed by atoms with Crippen LogP contribution >= 0.6 is 0 Å². The normalized spacial score (nSPS) is 16.2. The minimum absolute atomic E-state index is 0.176. The van der Waals surface area contributed by atoms with E-state index < -0.39 is 0 Å². The number of carbonyl (C=O) groups excluding carboxylic acids is 2. The zero-order chi connectivity index (χ0) is 14.7. The van der Waals surface area contributed by atoms with E-state index in [4.69, 9.17) is 5.73 Å². The molecule has 1 aliphatic rings. The molecule has 0 radical (unpaired) electrons. The van der Waals surface area contributed by atoms with Gasteiger partial charge in [0, 0.05) is 26.2 Å². The van der Waals surface area contributed by atoms with Gasteiger partial charge in [-0.15, -0.1) is 0 Å². The Labute approximate surface area is 116 Å². The van der Waals surface area contributed by atoms with Crippen LogP contribution in [0, 0.1) is 6.92 Å². The van der Waals surface area contributed by atoms with Crippen LogP contribution in [0.1, 0.15) is 16.2 Å². The third-order valence-corrected chi connectivity index (χ3v) is 3.44. The lowest BCUT2D eigenvalue weighted by Gasteiger charge is -2.33. The fourth-order valence-corrected chi connectivity index (χ4v) is 2.11. The summed E-state index contributed by atoms with van der Waals surface area (Å²) in [6, 6.07) is 0. The second-order valence-corrected chi connectivity index (χ2v) is 4.76. The summed E-state index contributed by atoms with van der Waals surface area (Å²) in [7, 11) is 1.37. The van der Waals surface area contributed by atoms with Crippen molar-refractivity contribution in [1.29, 1.82) is 0 Å². The van der Waals surface area contributed by atoms with Gasteiger partial charge < -0.3 is 15.4 Å². The van der Waals surface area contributed by atoms with E-state index in [2.05, 4.69) is 14.9 Å². The molecule has 0 spiro atoms. The van der Waals surface area contributed by atoms with Crippen LogP contribution in [-0.2, 0) is 9.53 Å². The van der Waals surface area contributed by atoms with Gasteiger partial charge in [0.2, 0.25) is 0 Å². The van der Waals surface area contributed by atoms with Crippen molar-refractivity contribution >= 4 is 17.6 Å². The molecule has 0 bridgehead atoms. The van der Waals surface area contributed by atoms with Gasteiger partial charge in [-0.3, -0.25) is 19.6 Å². The van der Waals surface area contributed by atoms with Crippen LogP contribution in [0.3, 0.4) is 0 Å². The minimum Gasteiger partial charge on any atom is -0.468 e. The summed E-state index contributed by atoms with van der Waals surface area (Å²) in [4.78, 5) is 27.1. The number of ether oxygens (including phenoxy) is 1. The van der Waals surface area contributed by atoms with Crippen LogP contribution in [0.4, 0.5) is 5.69 Å². The van der Waals surface area contributed by atoms with Gasteiger partial charge in [0.25, 0.3) is 5.91 Å². The molecule has 3 N–H and O–H groups in total. The second-order valence-electron chi connectivity index (χ2n) is 4.76. The number of aryl methyl sites for hydroxylation is 1. The van der Waals surface area contributed by atoms with Crippen LogP contribution < -0.4 is 5.73 Å². The molecule has 20 heavy (non-hydrogen) atoms. The molecule has 8 heteroatoms. The Kier molecular flexibility index (Phi) is 4.23. The molecule has 2 heterocycles. The first-order chi connectivity index (χ1) is 9.52. The summed E-state index contributed by atoms with van der Waals surface area (Å²) in [6.45, 7) is 4.37. The number of aromatic nitrogens is 2. The van der Waals surface area contributed by atoms with Crippen molar-refractivity contribution in [2.75, 3.05) is 45.6 Å².